The standard InChI is InChI=1S/C19H24N4O.HI/c1-3-20-19(23-13-16-7-5-11-24-16)21-10-9-15-12-22-18-14(2)6-4-8-17(15)18;/h4-8,11-12,22H,3,9-10,13H2,1-2H3,(H2,20,21,23);1H. The summed E-state index contributed by atoms with van der Waals surface area (Å²) < 4.78 is 5.32. The molecule has 0 unspecified atom stereocenters. The van der Waals surface area contributed by atoms with Crippen molar-refractivity contribution in [3.8, 4) is 0 Å². The van der Waals surface area contributed by atoms with Gasteiger partial charge in [-0.2, -0.15) is 0 Å². The first-order chi connectivity index (χ1) is 11.8. The molecule has 0 radical (unpaired) electrons. The summed E-state index contributed by atoms with van der Waals surface area (Å²) in [7, 11) is 0. The lowest BCUT2D eigenvalue weighted by atomic mass is 10.1. The van der Waals surface area contributed by atoms with E-state index in [1.807, 2.05) is 12.1 Å². The number of aromatic amines is 1. The Morgan fingerprint density at radius 1 is 1.20 bits per heavy atom. The molecule has 0 fully saturated rings. The number of aliphatic imine (C=N–C) groups is 1. The Hall–Kier alpha value is -1.96. The number of aryl methyl sites for hydroxylation is 1. The SMILES string of the molecule is CCNC(=NCc1ccco1)NCCc1c[nH]c2c(C)cccc12.I. The number of hydrogen-bond acceptors (Lipinski definition) is 2. The Labute approximate surface area is 165 Å². The van der Waals surface area contributed by atoms with Crippen LogP contribution >= 0.6 is 24.0 Å². The molecule has 3 rings (SSSR count). The largest absolute Gasteiger partial charge is 0.467 e. The Kier molecular flexibility index (Phi) is 7.36. The van der Waals surface area contributed by atoms with E-state index >= 15 is 0 Å². The van der Waals surface area contributed by atoms with Crippen molar-refractivity contribution in [2.45, 2.75) is 26.8 Å². The molecule has 0 spiro atoms. The van der Waals surface area contributed by atoms with Crippen molar-refractivity contribution in [2.24, 2.45) is 4.99 Å². The van der Waals surface area contributed by atoms with Crippen LogP contribution in [-0.2, 0) is 13.0 Å². The van der Waals surface area contributed by atoms with E-state index in [1.165, 1.54) is 22.0 Å². The molecular formula is C19H25IN4O. The van der Waals surface area contributed by atoms with Gasteiger partial charge in [0.05, 0.1) is 6.26 Å². The van der Waals surface area contributed by atoms with Crippen LogP contribution in [0.1, 0.15) is 23.8 Å². The molecule has 2 aromatic heterocycles. The fourth-order valence-corrected chi connectivity index (χ4v) is 2.79. The zero-order valence-corrected chi connectivity index (χ0v) is 17.0. The molecule has 0 saturated carbocycles. The number of fused-ring (bicyclic) bond motifs is 1. The highest BCUT2D eigenvalue weighted by Crippen LogP contribution is 2.21. The molecule has 0 aliphatic rings. The summed E-state index contributed by atoms with van der Waals surface area (Å²) in [5.74, 6) is 1.67. The highest BCUT2D eigenvalue weighted by Gasteiger charge is 2.05. The monoisotopic (exact) mass is 452 g/mol. The number of guanidine groups is 1. The van der Waals surface area contributed by atoms with Gasteiger partial charge in [-0.25, -0.2) is 4.99 Å². The predicted molar refractivity (Wildman–Crippen MR) is 114 cm³/mol. The maximum atomic E-state index is 5.32. The number of halogens is 1. The second-order valence-corrected chi connectivity index (χ2v) is 5.76. The lowest BCUT2D eigenvalue weighted by Gasteiger charge is -2.10. The zero-order chi connectivity index (χ0) is 16.8. The normalized spacial score (nSPS) is 11.4. The summed E-state index contributed by atoms with van der Waals surface area (Å²) in [5, 5.41) is 7.95. The Bertz CT molecular complexity index is 808. The van der Waals surface area contributed by atoms with E-state index in [4.69, 9.17) is 4.42 Å². The number of furan rings is 1. The van der Waals surface area contributed by atoms with E-state index in [2.05, 4.69) is 58.9 Å². The summed E-state index contributed by atoms with van der Waals surface area (Å²) in [6.45, 7) is 6.38. The van der Waals surface area contributed by atoms with E-state index in [-0.39, 0.29) is 24.0 Å². The highest BCUT2D eigenvalue weighted by molar-refractivity contribution is 14.0. The molecule has 6 heteroatoms. The maximum Gasteiger partial charge on any atom is 0.191 e. The average Bonchev–Trinajstić information content (AvgIpc) is 3.23. The van der Waals surface area contributed by atoms with E-state index in [0.717, 1.165) is 31.2 Å². The molecule has 1 aromatic carbocycles. The number of benzene rings is 1. The van der Waals surface area contributed by atoms with Gasteiger partial charge in [-0.05, 0) is 43.5 Å². The van der Waals surface area contributed by atoms with Gasteiger partial charge in [0.15, 0.2) is 5.96 Å². The molecule has 3 aromatic rings. The first-order valence-electron chi connectivity index (χ1n) is 8.38. The van der Waals surface area contributed by atoms with E-state index in [9.17, 15) is 0 Å². The second kappa shape index (κ2) is 9.50. The molecule has 0 aliphatic carbocycles. The van der Waals surface area contributed by atoms with Crippen molar-refractivity contribution in [1.29, 1.82) is 0 Å². The van der Waals surface area contributed by atoms with E-state index < -0.39 is 0 Å². The molecule has 0 saturated heterocycles. The van der Waals surface area contributed by atoms with Crippen LogP contribution in [0.15, 0.2) is 52.2 Å². The number of nitrogens with zero attached hydrogens (tertiary/aromatic N) is 1. The van der Waals surface area contributed by atoms with Gasteiger partial charge < -0.3 is 20.0 Å². The van der Waals surface area contributed by atoms with Crippen molar-refractivity contribution >= 4 is 40.8 Å². The second-order valence-electron chi connectivity index (χ2n) is 5.76. The zero-order valence-electron chi connectivity index (χ0n) is 14.6. The van der Waals surface area contributed by atoms with Crippen LogP contribution in [0, 0.1) is 6.92 Å². The first-order valence-corrected chi connectivity index (χ1v) is 8.38. The van der Waals surface area contributed by atoms with Crippen molar-refractivity contribution < 1.29 is 4.42 Å². The third-order valence-electron chi connectivity index (χ3n) is 4.01. The molecule has 0 amide bonds. The molecule has 2 heterocycles. The number of hydrogen-bond donors (Lipinski definition) is 3. The van der Waals surface area contributed by atoms with Crippen LogP contribution < -0.4 is 10.6 Å². The van der Waals surface area contributed by atoms with Crippen LogP contribution in [0.2, 0.25) is 0 Å². The molecule has 25 heavy (non-hydrogen) atoms. The van der Waals surface area contributed by atoms with Gasteiger partial charge in [0.2, 0.25) is 0 Å². The van der Waals surface area contributed by atoms with Crippen LogP contribution in [-0.4, -0.2) is 24.0 Å². The van der Waals surface area contributed by atoms with Gasteiger partial charge >= 0.3 is 0 Å². The van der Waals surface area contributed by atoms with Crippen molar-refractivity contribution in [3.05, 3.63) is 59.7 Å². The minimum atomic E-state index is 0. The average molecular weight is 452 g/mol. The minimum Gasteiger partial charge on any atom is -0.467 e. The first kappa shape index (κ1) is 19.4. The summed E-state index contributed by atoms with van der Waals surface area (Å²) in [5.41, 5.74) is 3.83. The van der Waals surface area contributed by atoms with Crippen molar-refractivity contribution in [2.75, 3.05) is 13.1 Å². The van der Waals surface area contributed by atoms with Crippen molar-refractivity contribution in [3.63, 3.8) is 0 Å². The van der Waals surface area contributed by atoms with Gasteiger partial charge in [-0.3, -0.25) is 0 Å². The van der Waals surface area contributed by atoms with Gasteiger partial charge in [-0.15, -0.1) is 24.0 Å². The Balaban J connectivity index is 0.00000225. The fourth-order valence-electron chi connectivity index (χ4n) is 2.79. The van der Waals surface area contributed by atoms with Crippen LogP contribution in [0.3, 0.4) is 0 Å². The lowest BCUT2D eigenvalue weighted by molar-refractivity contribution is 0.512. The molecular weight excluding hydrogens is 427 g/mol. The van der Waals surface area contributed by atoms with Gasteiger partial charge in [0.1, 0.15) is 12.3 Å². The smallest absolute Gasteiger partial charge is 0.191 e. The number of para-hydroxylation sites is 1. The van der Waals surface area contributed by atoms with Gasteiger partial charge in [0.25, 0.3) is 0 Å². The van der Waals surface area contributed by atoms with Crippen LogP contribution in [0.4, 0.5) is 0 Å². The Morgan fingerprint density at radius 2 is 2.08 bits per heavy atom. The number of aromatic nitrogens is 1. The summed E-state index contributed by atoms with van der Waals surface area (Å²) in [6.07, 6.45) is 4.71. The molecule has 0 bridgehead atoms. The predicted octanol–water partition coefficient (Wildman–Crippen LogP) is 3.99. The van der Waals surface area contributed by atoms with Crippen LogP contribution in [0.25, 0.3) is 10.9 Å². The molecule has 5 nitrogen and oxygen atoms in total. The quantitative estimate of drug-likeness (QED) is 0.301. The van der Waals surface area contributed by atoms with Gasteiger partial charge in [0, 0.05) is 30.2 Å². The third-order valence-corrected chi connectivity index (χ3v) is 4.01. The summed E-state index contributed by atoms with van der Waals surface area (Å²) in [6, 6.07) is 10.2. The number of rotatable bonds is 6. The number of nitrogens with one attached hydrogen (secondary N) is 3. The van der Waals surface area contributed by atoms with E-state index in [0.29, 0.717) is 6.54 Å². The lowest BCUT2D eigenvalue weighted by Crippen LogP contribution is -2.38. The molecule has 3 N–H and O–H groups in total. The fraction of sp³-hybridized carbons (Fsp3) is 0.316. The number of H-pyrrole nitrogens is 1. The molecule has 0 atom stereocenters. The highest BCUT2D eigenvalue weighted by atomic mass is 127. The Morgan fingerprint density at radius 3 is 2.84 bits per heavy atom. The summed E-state index contributed by atoms with van der Waals surface area (Å²) >= 11 is 0. The minimum absolute atomic E-state index is 0. The van der Waals surface area contributed by atoms with Crippen LogP contribution in [0.5, 0.6) is 0 Å². The topological polar surface area (TPSA) is 65.3 Å². The maximum absolute atomic E-state index is 5.32. The van der Waals surface area contributed by atoms with E-state index in [1.54, 1.807) is 6.26 Å². The van der Waals surface area contributed by atoms with Crippen molar-refractivity contribution in [1.82, 2.24) is 15.6 Å². The van der Waals surface area contributed by atoms with Gasteiger partial charge in [-0.1, -0.05) is 18.2 Å². The molecule has 0 aliphatic heterocycles. The molecule has 134 valence electrons. The summed E-state index contributed by atoms with van der Waals surface area (Å²) in [4.78, 5) is 7.92. The third kappa shape index (κ3) is 5.01.